The van der Waals surface area contributed by atoms with E-state index >= 15 is 0 Å². The van der Waals surface area contributed by atoms with Crippen LogP contribution in [0.1, 0.15) is 30.7 Å². The van der Waals surface area contributed by atoms with Gasteiger partial charge >= 0.3 is 5.97 Å². The third-order valence-electron chi connectivity index (χ3n) is 4.48. The van der Waals surface area contributed by atoms with E-state index in [0.29, 0.717) is 19.5 Å². The minimum atomic E-state index is -0.549. The molecule has 0 atom stereocenters. The highest BCUT2D eigenvalue weighted by molar-refractivity contribution is 7.18. The number of esters is 1. The molecule has 7 nitrogen and oxygen atoms in total. The first-order valence-corrected chi connectivity index (χ1v) is 9.86. The fourth-order valence-corrected chi connectivity index (χ4v) is 3.96. The Morgan fingerprint density at radius 3 is 2.89 bits per heavy atom. The van der Waals surface area contributed by atoms with Gasteiger partial charge in [-0.15, -0.1) is 11.3 Å². The fourth-order valence-electron chi connectivity index (χ4n) is 2.94. The number of thiazole rings is 1. The maximum Gasteiger partial charge on any atom is 0.326 e. The zero-order valence-electron chi connectivity index (χ0n) is 15.3. The number of hydrogen-bond acceptors (Lipinski definition) is 6. The van der Waals surface area contributed by atoms with E-state index in [2.05, 4.69) is 4.98 Å². The van der Waals surface area contributed by atoms with E-state index in [9.17, 15) is 14.4 Å². The van der Waals surface area contributed by atoms with Gasteiger partial charge in [-0.3, -0.25) is 14.4 Å². The highest BCUT2D eigenvalue weighted by Gasteiger charge is 2.21. The van der Waals surface area contributed by atoms with E-state index in [1.807, 2.05) is 24.3 Å². The molecule has 1 aromatic heterocycles. The van der Waals surface area contributed by atoms with Crippen molar-refractivity contribution in [2.75, 3.05) is 26.7 Å². The van der Waals surface area contributed by atoms with Crippen LogP contribution in [0, 0.1) is 0 Å². The molecule has 0 radical (unpaired) electrons. The Bertz CT molecular complexity index is 802. The van der Waals surface area contributed by atoms with Gasteiger partial charge in [0.15, 0.2) is 6.61 Å². The summed E-state index contributed by atoms with van der Waals surface area (Å²) in [6, 6.07) is 7.80. The van der Waals surface area contributed by atoms with Crippen LogP contribution in [0.3, 0.4) is 0 Å². The maximum absolute atomic E-state index is 12.2. The number of nitrogens with zero attached hydrogens (tertiary/aromatic N) is 3. The predicted molar refractivity (Wildman–Crippen MR) is 102 cm³/mol. The Morgan fingerprint density at radius 1 is 1.26 bits per heavy atom. The lowest BCUT2D eigenvalue weighted by Gasteiger charge is -2.20. The smallest absolute Gasteiger partial charge is 0.326 e. The van der Waals surface area contributed by atoms with Gasteiger partial charge in [0.25, 0.3) is 5.91 Å². The van der Waals surface area contributed by atoms with Crippen LogP contribution in [0.2, 0.25) is 0 Å². The average molecular weight is 389 g/mol. The lowest BCUT2D eigenvalue weighted by Crippen LogP contribution is -2.37. The number of aromatic nitrogens is 1. The van der Waals surface area contributed by atoms with Gasteiger partial charge in [0.05, 0.1) is 16.8 Å². The number of likely N-dealkylation sites (N-methyl/N-ethyl adjacent to an activating group) is 1. The van der Waals surface area contributed by atoms with E-state index in [0.717, 1.165) is 34.5 Å². The highest BCUT2D eigenvalue weighted by atomic mass is 32.1. The number of ether oxygens (including phenoxy) is 1. The van der Waals surface area contributed by atoms with Gasteiger partial charge in [0, 0.05) is 20.0 Å². The summed E-state index contributed by atoms with van der Waals surface area (Å²) in [6.45, 7) is 0.510. The largest absolute Gasteiger partial charge is 0.454 e. The zero-order valence-corrected chi connectivity index (χ0v) is 16.2. The molecule has 1 aliphatic rings. The van der Waals surface area contributed by atoms with Gasteiger partial charge < -0.3 is 14.5 Å². The molecule has 0 bridgehead atoms. The minimum Gasteiger partial charge on any atom is -0.454 e. The summed E-state index contributed by atoms with van der Waals surface area (Å²) in [6.07, 6.45) is 3.21. The molecule has 2 aromatic rings. The molecule has 1 saturated heterocycles. The predicted octanol–water partition coefficient (Wildman–Crippen LogP) is 2.20. The Kier molecular flexibility index (Phi) is 6.39. The summed E-state index contributed by atoms with van der Waals surface area (Å²) >= 11 is 1.54. The van der Waals surface area contributed by atoms with E-state index in [1.54, 1.807) is 7.05 Å². The molecule has 3 rings (SSSR count). The van der Waals surface area contributed by atoms with Crippen molar-refractivity contribution in [3.63, 3.8) is 0 Å². The van der Waals surface area contributed by atoms with Crippen LogP contribution in [-0.4, -0.2) is 59.3 Å². The lowest BCUT2D eigenvalue weighted by molar-refractivity contribution is -0.154. The summed E-state index contributed by atoms with van der Waals surface area (Å²) in [5.74, 6) is -0.875. The van der Waals surface area contributed by atoms with Gasteiger partial charge in [-0.05, 0) is 25.0 Å². The molecule has 144 valence electrons. The molecule has 8 heteroatoms. The van der Waals surface area contributed by atoms with Crippen LogP contribution in [0.5, 0.6) is 0 Å². The van der Waals surface area contributed by atoms with Crippen LogP contribution in [0.15, 0.2) is 24.3 Å². The normalized spacial score (nSPS) is 14.9. The molecule has 0 aliphatic carbocycles. The van der Waals surface area contributed by atoms with Crippen molar-refractivity contribution in [2.45, 2.75) is 32.2 Å². The quantitative estimate of drug-likeness (QED) is 0.708. The summed E-state index contributed by atoms with van der Waals surface area (Å²) in [5.41, 5.74) is 0.909. The van der Waals surface area contributed by atoms with Crippen molar-refractivity contribution in [2.24, 2.45) is 0 Å². The second-order valence-electron chi connectivity index (χ2n) is 6.61. The molecule has 27 heavy (non-hydrogen) atoms. The topological polar surface area (TPSA) is 79.8 Å². The Morgan fingerprint density at radius 2 is 2.07 bits per heavy atom. The first kappa shape index (κ1) is 19.3. The van der Waals surface area contributed by atoms with Crippen LogP contribution < -0.4 is 0 Å². The second kappa shape index (κ2) is 8.94. The number of likely N-dealkylation sites (tertiary alicyclic amines) is 1. The van der Waals surface area contributed by atoms with Gasteiger partial charge in [0.2, 0.25) is 5.91 Å². The van der Waals surface area contributed by atoms with Crippen LogP contribution in [0.25, 0.3) is 10.2 Å². The molecule has 1 aromatic carbocycles. The summed E-state index contributed by atoms with van der Waals surface area (Å²) < 4.78 is 6.14. The Hall–Kier alpha value is -2.48. The second-order valence-corrected chi connectivity index (χ2v) is 7.73. The molecule has 0 saturated carbocycles. The molecule has 1 fully saturated rings. The third kappa shape index (κ3) is 5.26. The molecular weight excluding hydrogens is 366 g/mol. The molecular formula is C19H23N3O4S. The van der Waals surface area contributed by atoms with Crippen LogP contribution in [-0.2, 0) is 25.7 Å². The fraction of sp³-hybridized carbons (Fsp3) is 0.474. The van der Waals surface area contributed by atoms with Gasteiger partial charge in [0.1, 0.15) is 11.6 Å². The van der Waals surface area contributed by atoms with Crippen LogP contribution >= 0.6 is 11.3 Å². The summed E-state index contributed by atoms with van der Waals surface area (Å²) in [4.78, 5) is 43.6. The number of hydrogen-bond donors (Lipinski definition) is 0. The summed E-state index contributed by atoms with van der Waals surface area (Å²) in [5, 5.41) is 0.827. The van der Waals surface area contributed by atoms with E-state index < -0.39 is 5.97 Å². The number of carbonyl (C=O) groups is 3. The SMILES string of the molecule is CN(Cc1nc2ccccc2s1)C(=O)COC(=O)CN1CCCCCC1=O. The molecule has 0 unspecified atom stereocenters. The number of rotatable bonds is 6. The van der Waals surface area contributed by atoms with E-state index in [4.69, 9.17) is 4.74 Å². The number of carbonyl (C=O) groups excluding carboxylic acids is 3. The molecule has 0 spiro atoms. The Balaban J connectivity index is 1.46. The lowest BCUT2D eigenvalue weighted by atomic mass is 10.2. The molecule has 2 heterocycles. The van der Waals surface area contributed by atoms with E-state index in [1.165, 1.54) is 21.1 Å². The van der Waals surface area contributed by atoms with Crippen molar-refractivity contribution in [3.05, 3.63) is 29.3 Å². The van der Waals surface area contributed by atoms with Crippen molar-refractivity contribution >= 4 is 39.3 Å². The van der Waals surface area contributed by atoms with E-state index in [-0.39, 0.29) is 25.0 Å². The van der Waals surface area contributed by atoms with Gasteiger partial charge in [-0.25, -0.2) is 4.98 Å². The van der Waals surface area contributed by atoms with Crippen molar-refractivity contribution in [1.82, 2.24) is 14.8 Å². The molecule has 0 N–H and O–H groups in total. The third-order valence-corrected chi connectivity index (χ3v) is 5.51. The van der Waals surface area contributed by atoms with Crippen LogP contribution in [0.4, 0.5) is 0 Å². The monoisotopic (exact) mass is 389 g/mol. The molecule has 2 amide bonds. The Labute approximate surface area is 161 Å². The maximum atomic E-state index is 12.2. The number of para-hydroxylation sites is 1. The van der Waals surface area contributed by atoms with Gasteiger partial charge in [-0.1, -0.05) is 18.6 Å². The van der Waals surface area contributed by atoms with Crippen molar-refractivity contribution < 1.29 is 19.1 Å². The number of benzene rings is 1. The van der Waals surface area contributed by atoms with Crippen molar-refractivity contribution in [3.8, 4) is 0 Å². The minimum absolute atomic E-state index is 0.0243. The zero-order chi connectivity index (χ0) is 19.2. The highest BCUT2D eigenvalue weighted by Crippen LogP contribution is 2.22. The first-order chi connectivity index (χ1) is 13.0. The first-order valence-electron chi connectivity index (χ1n) is 9.05. The standard InChI is InChI=1S/C19H23N3O4S/c1-21(11-16-20-14-7-4-5-8-15(14)27-16)18(24)13-26-19(25)12-22-10-6-2-3-9-17(22)23/h4-5,7-8H,2-3,6,9-13H2,1H3. The number of fused-ring (bicyclic) bond motifs is 1. The molecule has 1 aliphatic heterocycles. The van der Waals surface area contributed by atoms with Crippen molar-refractivity contribution in [1.29, 1.82) is 0 Å². The van der Waals surface area contributed by atoms with Gasteiger partial charge in [-0.2, -0.15) is 0 Å². The number of amides is 2. The average Bonchev–Trinajstić information content (AvgIpc) is 2.95. The summed E-state index contributed by atoms with van der Waals surface area (Å²) in [7, 11) is 1.65.